The van der Waals surface area contributed by atoms with Crippen molar-refractivity contribution < 1.29 is 14.3 Å². The van der Waals surface area contributed by atoms with Crippen LogP contribution in [0.4, 0.5) is 5.69 Å². The molecule has 0 aromatic heterocycles. The maximum absolute atomic E-state index is 13.5. The van der Waals surface area contributed by atoms with Crippen molar-refractivity contribution in [1.29, 1.82) is 0 Å². The van der Waals surface area contributed by atoms with Gasteiger partial charge in [-0.05, 0) is 54.7 Å². The predicted octanol–water partition coefficient (Wildman–Crippen LogP) is 3.93. The minimum Gasteiger partial charge on any atom is -0.497 e. The molecule has 1 aliphatic heterocycles. The molecule has 2 aromatic carbocycles. The Morgan fingerprint density at radius 1 is 1.08 bits per heavy atom. The van der Waals surface area contributed by atoms with Crippen LogP contribution in [0.5, 0.6) is 5.75 Å². The Bertz CT molecular complexity index is 877. The van der Waals surface area contributed by atoms with Crippen LogP contribution in [0.25, 0.3) is 0 Å². The van der Waals surface area contributed by atoms with Gasteiger partial charge in [0.2, 0.25) is 5.91 Å². The molecule has 4 rings (SSSR count). The van der Waals surface area contributed by atoms with Gasteiger partial charge in [-0.3, -0.25) is 9.59 Å². The van der Waals surface area contributed by atoms with Crippen LogP contribution in [-0.4, -0.2) is 18.8 Å². The molecule has 1 heterocycles. The topological polar surface area (TPSA) is 46.6 Å². The number of ketones is 1. The summed E-state index contributed by atoms with van der Waals surface area (Å²) in [5.74, 6) is 1.20. The monoisotopic (exact) mass is 349 g/mol. The molecule has 2 aliphatic rings. The maximum Gasteiger partial charge on any atom is 0.238 e. The third-order valence-electron chi connectivity index (χ3n) is 5.71. The van der Waals surface area contributed by atoms with Gasteiger partial charge in [0.25, 0.3) is 0 Å². The van der Waals surface area contributed by atoms with Crippen molar-refractivity contribution in [2.75, 3.05) is 12.0 Å². The highest BCUT2D eigenvalue weighted by atomic mass is 16.5. The smallest absolute Gasteiger partial charge is 0.238 e. The lowest BCUT2D eigenvalue weighted by atomic mass is 9.70. The number of anilines is 1. The summed E-state index contributed by atoms with van der Waals surface area (Å²) in [6, 6.07) is 14.1. The van der Waals surface area contributed by atoms with Gasteiger partial charge < -0.3 is 9.64 Å². The summed E-state index contributed by atoms with van der Waals surface area (Å²) >= 11 is 0. The lowest BCUT2D eigenvalue weighted by molar-refractivity contribution is -0.127. The maximum atomic E-state index is 13.5. The summed E-state index contributed by atoms with van der Waals surface area (Å²) in [4.78, 5) is 27.1. The zero-order valence-electron chi connectivity index (χ0n) is 15.2. The van der Waals surface area contributed by atoms with Gasteiger partial charge in [-0.15, -0.1) is 0 Å². The first-order valence-electron chi connectivity index (χ1n) is 9.11. The summed E-state index contributed by atoms with van der Waals surface area (Å²) in [5, 5.41) is 0. The number of methoxy groups -OCH3 is 1. The molecule has 0 unspecified atom stereocenters. The number of aryl methyl sites for hydroxylation is 1. The van der Waals surface area contributed by atoms with Crippen molar-refractivity contribution in [2.45, 2.75) is 44.6 Å². The number of ether oxygens (including phenoxy) is 1. The Morgan fingerprint density at radius 2 is 1.81 bits per heavy atom. The fourth-order valence-corrected chi connectivity index (χ4v) is 4.41. The van der Waals surface area contributed by atoms with Gasteiger partial charge in [0.05, 0.1) is 19.1 Å². The molecule has 1 fully saturated rings. The van der Waals surface area contributed by atoms with Crippen molar-refractivity contribution in [3.05, 3.63) is 59.2 Å². The number of hydrogen-bond acceptors (Lipinski definition) is 3. The molecule has 0 radical (unpaired) electrons. The summed E-state index contributed by atoms with van der Waals surface area (Å²) < 4.78 is 5.38. The SMILES string of the molecule is COc1cc(C)cc(CN2C(=O)C3(CCC(=O)CC3)c3ccccc32)c1. The van der Waals surface area contributed by atoms with E-state index in [9.17, 15) is 9.59 Å². The zero-order valence-corrected chi connectivity index (χ0v) is 15.2. The van der Waals surface area contributed by atoms with E-state index < -0.39 is 5.41 Å². The number of amides is 1. The van der Waals surface area contributed by atoms with Crippen LogP contribution in [0.1, 0.15) is 42.4 Å². The van der Waals surface area contributed by atoms with E-state index in [-0.39, 0.29) is 11.7 Å². The molecule has 4 heteroatoms. The highest BCUT2D eigenvalue weighted by Gasteiger charge is 2.51. The lowest BCUT2D eigenvalue weighted by Crippen LogP contribution is -2.42. The van der Waals surface area contributed by atoms with Gasteiger partial charge in [0.1, 0.15) is 11.5 Å². The minimum atomic E-state index is -0.529. The Labute approximate surface area is 153 Å². The molecule has 134 valence electrons. The number of carbonyl (C=O) groups excluding carboxylic acids is 2. The number of Topliss-reactive ketones (excluding diaryl/α,β-unsaturated/α-hetero) is 1. The van der Waals surface area contributed by atoms with Gasteiger partial charge in [0, 0.05) is 18.5 Å². The van der Waals surface area contributed by atoms with E-state index in [2.05, 4.69) is 12.1 Å². The lowest BCUT2D eigenvalue weighted by Gasteiger charge is -2.32. The van der Waals surface area contributed by atoms with Crippen LogP contribution in [0.2, 0.25) is 0 Å². The van der Waals surface area contributed by atoms with Crippen LogP contribution in [-0.2, 0) is 21.5 Å². The second kappa shape index (κ2) is 6.27. The van der Waals surface area contributed by atoms with E-state index in [1.165, 1.54) is 0 Å². The third kappa shape index (κ3) is 2.61. The average Bonchev–Trinajstić information content (AvgIpc) is 2.87. The normalized spacial score (nSPS) is 18.3. The Hall–Kier alpha value is -2.62. The Balaban J connectivity index is 1.73. The van der Waals surface area contributed by atoms with E-state index in [0.29, 0.717) is 32.2 Å². The molecule has 1 spiro atoms. The van der Waals surface area contributed by atoms with Gasteiger partial charge in [-0.25, -0.2) is 0 Å². The average molecular weight is 349 g/mol. The van der Waals surface area contributed by atoms with Crippen LogP contribution < -0.4 is 9.64 Å². The molecule has 1 aliphatic carbocycles. The van der Waals surface area contributed by atoms with Crippen molar-refractivity contribution in [1.82, 2.24) is 0 Å². The Morgan fingerprint density at radius 3 is 2.54 bits per heavy atom. The standard InChI is InChI=1S/C22H23NO3/c1-15-11-16(13-18(12-15)26-2)14-23-20-6-4-3-5-19(20)22(21(23)25)9-7-17(24)8-10-22/h3-6,11-13H,7-10,14H2,1-2H3. The molecule has 0 bridgehead atoms. The molecule has 4 nitrogen and oxygen atoms in total. The van der Waals surface area contributed by atoms with Gasteiger partial charge in [0.15, 0.2) is 0 Å². The molecule has 0 atom stereocenters. The largest absolute Gasteiger partial charge is 0.497 e. The van der Waals surface area contributed by atoms with E-state index in [1.807, 2.05) is 42.2 Å². The van der Waals surface area contributed by atoms with E-state index in [1.54, 1.807) is 7.11 Å². The zero-order chi connectivity index (χ0) is 18.3. The second-order valence-corrected chi connectivity index (χ2v) is 7.39. The molecule has 1 saturated carbocycles. The molecule has 26 heavy (non-hydrogen) atoms. The molecular formula is C22H23NO3. The number of para-hydroxylation sites is 1. The number of nitrogens with zero attached hydrogens (tertiary/aromatic N) is 1. The third-order valence-corrected chi connectivity index (χ3v) is 5.71. The van der Waals surface area contributed by atoms with E-state index in [4.69, 9.17) is 4.74 Å². The number of carbonyl (C=O) groups is 2. The number of rotatable bonds is 3. The van der Waals surface area contributed by atoms with Crippen LogP contribution in [0.15, 0.2) is 42.5 Å². The van der Waals surface area contributed by atoms with Gasteiger partial charge >= 0.3 is 0 Å². The molecule has 1 amide bonds. The quantitative estimate of drug-likeness (QED) is 0.843. The first-order chi connectivity index (χ1) is 12.5. The summed E-state index contributed by atoms with van der Waals surface area (Å²) in [7, 11) is 1.66. The first kappa shape index (κ1) is 16.8. The second-order valence-electron chi connectivity index (χ2n) is 7.39. The highest BCUT2D eigenvalue weighted by molar-refractivity contribution is 6.09. The number of fused-ring (bicyclic) bond motifs is 2. The first-order valence-corrected chi connectivity index (χ1v) is 9.11. The van der Waals surface area contributed by atoms with Crippen LogP contribution in [0.3, 0.4) is 0 Å². The molecule has 2 aromatic rings. The van der Waals surface area contributed by atoms with E-state index in [0.717, 1.165) is 28.1 Å². The van der Waals surface area contributed by atoms with Crippen molar-refractivity contribution in [2.24, 2.45) is 0 Å². The number of benzene rings is 2. The molecule has 0 N–H and O–H groups in total. The minimum absolute atomic E-state index is 0.131. The van der Waals surface area contributed by atoms with Gasteiger partial charge in [-0.1, -0.05) is 24.3 Å². The van der Waals surface area contributed by atoms with Crippen molar-refractivity contribution in [3.63, 3.8) is 0 Å². The fourth-order valence-electron chi connectivity index (χ4n) is 4.41. The summed E-state index contributed by atoms with van der Waals surface area (Å²) in [6.45, 7) is 2.55. The van der Waals surface area contributed by atoms with Crippen LogP contribution in [0, 0.1) is 6.92 Å². The summed E-state index contributed by atoms with van der Waals surface area (Å²) in [5.41, 5.74) is 3.69. The van der Waals surface area contributed by atoms with Crippen LogP contribution >= 0.6 is 0 Å². The van der Waals surface area contributed by atoms with Gasteiger partial charge in [-0.2, -0.15) is 0 Å². The fraction of sp³-hybridized carbons (Fsp3) is 0.364. The molecule has 0 saturated heterocycles. The Kier molecular flexibility index (Phi) is 4.06. The van der Waals surface area contributed by atoms with Crippen molar-refractivity contribution in [3.8, 4) is 5.75 Å². The summed E-state index contributed by atoms with van der Waals surface area (Å²) in [6.07, 6.45) is 2.23. The highest BCUT2D eigenvalue weighted by Crippen LogP contribution is 2.49. The molecular weight excluding hydrogens is 326 g/mol. The van der Waals surface area contributed by atoms with Crippen molar-refractivity contribution >= 4 is 17.4 Å². The van der Waals surface area contributed by atoms with E-state index >= 15 is 0 Å². The predicted molar refractivity (Wildman–Crippen MR) is 101 cm³/mol. The number of hydrogen-bond donors (Lipinski definition) is 0.